The number of benzene rings is 2. The van der Waals surface area contributed by atoms with E-state index in [0.717, 1.165) is 50.7 Å². The van der Waals surface area contributed by atoms with E-state index in [-0.39, 0.29) is 29.9 Å². The van der Waals surface area contributed by atoms with Crippen molar-refractivity contribution in [1.29, 1.82) is 0 Å². The molecule has 1 amide bonds. The van der Waals surface area contributed by atoms with Gasteiger partial charge in [-0.05, 0) is 55.5 Å². The van der Waals surface area contributed by atoms with Crippen LogP contribution in [0, 0.1) is 5.92 Å². The molecule has 1 aliphatic rings. The molecule has 2 aromatic rings. The summed E-state index contributed by atoms with van der Waals surface area (Å²) >= 11 is 0. The molecule has 3 rings (SSSR count). The Kier molecular flexibility index (Phi) is 10.6. The second kappa shape index (κ2) is 13.2. The fourth-order valence-corrected chi connectivity index (χ4v) is 3.75. The lowest BCUT2D eigenvalue weighted by Gasteiger charge is -2.18. The number of carbonyl (C=O) groups excluding carboxylic acids is 1. The van der Waals surface area contributed by atoms with E-state index in [0.29, 0.717) is 11.5 Å². The van der Waals surface area contributed by atoms with Gasteiger partial charge in [0.1, 0.15) is 0 Å². The predicted octanol–water partition coefficient (Wildman–Crippen LogP) is 3.29. The highest BCUT2D eigenvalue weighted by Crippen LogP contribution is 2.23. The summed E-state index contributed by atoms with van der Waals surface area (Å²) in [6.45, 7) is 6.65. The molecule has 1 heterocycles. The lowest BCUT2D eigenvalue weighted by molar-refractivity contribution is 0.0963. The molecular weight excluding hydrogens is 501 g/mol. The summed E-state index contributed by atoms with van der Waals surface area (Å²) in [6.07, 6.45) is 2.00. The largest absolute Gasteiger partial charge is 0.371 e. The number of halogens is 1. The van der Waals surface area contributed by atoms with Crippen LogP contribution in [-0.2, 0) is 6.42 Å². The molecule has 7 heteroatoms. The summed E-state index contributed by atoms with van der Waals surface area (Å²) in [7, 11) is 1.65. The average molecular weight is 535 g/mol. The van der Waals surface area contributed by atoms with Crippen LogP contribution in [0.3, 0.4) is 0 Å². The molecule has 0 spiro atoms. The molecule has 1 fully saturated rings. The van der Waals surface area contributed by atoms with E-state index in [9.17, 15) is 4.79 Å². The maximum atomic E-state index is 11.8. The standard InChI is InChI=1S/C24H33N5O.HI/c1-3-26-24(27-14-12-19-8-7-9-21(16-19)23(30)25-2)28-17-20-13-15-29(18-20)22-10-5-4-6-11-22;/h4-11,16,20H,3,12-15,17-18H2,1-2H3,(H,25,30)(H2,26,27,28);1H. The van der Waals surface area contributed by atoms with Gasteiger partial charge < -0.3 is 20.9 Å². The van der Waals surface area contributed by atoms with E-state index >= 15 is 0 Å². The Labute approximate surface area is 202 Å². The van der Waals surface area contributed by atoms with Gasteiger partial charge in [-0.1, -0.05) is 30.3 Å². The van der Waals surface area contributed by atoms with Gasteiger partial charge in [0.15, 0.2) is 5.96 Å². The van der Waals surface area contributed by atoms with E-state index < -0.39 is 0 Å². The Balaban J connectivity index is 0.00000341. The number of amides is 1. The third-order valence-electron chi connectivity index (χ3n) is 5.38. The first kappa shape index (κ1) is 25.0. The van der Waals surface area contributed by atoms with Crippen LogP contribution in [0.2, 0.25) is 0 Å². The number of hydrogen-bond acceptors (Lipinski definition) is 3. The van der Waals surface area contributed by atoms with Gasteiger partial charge in [0.2, 0.25) is 0 Å². The lowest BCUT2D eigenvalue weighted by atomic mass is 10.1. The zero-order valence-electron chi connectivity index (χ0n) is 18.4. The molecule has 31 heavy (non-hydrogen) atoms. The third-order valence-corrected chi connectivity index (χ3v) is 5.38. The molecule has 1 atom stereocenters. The molecule has 0 aromatic heterocycles. The van der Waals surface area contributed by atoms with E-state index in [2.05, 4.69) is 64.2 Å². The van der Waals surface area contributed by atoms with Crippen molar-refractivity contribution in [2.24, 2.45) is 10.9 Å². The van der Waals surface area contributed by atoms with E-state index in [1.807, 2.05) is 18.2 Å². The normalized spacial score (nSPS) is 15.9. The highest BCUT2D eigenvalue weighted by molar-refractivity contribution is 14.0. The van der Waals surface area contributed by atoms with Crippen molar-refractivity contribution in [3.05, 3.63) is 65.7 Å². The highest BCUT2D eigenvalue weighted by atomic mass is 127. The Bertz CT molecular complexity index is 843. The monoisotopic (exact) mass is 535 g/mol. The van der Waals surface area contributed by atoms with Crippen LogP contribution in [-0.4, -0.2) is 51.6 Å². The number of anilines is 1. The smallest absolute Gasteiger partial charge is 0.251 e. The van der Waals surface area contributed by atoms with Crippen molar-refractivity contribution in [2.75, 3.05) is 44.7 Å². The second-order valence-corrected chi connectivity index (χ2v) is 7.61. The number of nitrogens with zero attached hydrogens (tertiary/aromatic N) is 2. The van der Waals surface area contributed by atoms with Crippen molar-refractivity contribution in [1.82, 2.24) is 16.0 Å². The average Bonchev–Trinajstić information content (AvgIpc) is 3.27. The van der Waals surface area contributed by atoms with Crippen LogP contribution in [0.5, 0.6) is 0 Å². The van der Waals surface area contributed by atoms with Gasteiger partial charge in [-0.15, -0.1) is 24.0 Å². The van der Waals surface area contributed by atoms with E-state index in [1.165, 1.54) is 12.1 Å². The minimum atomic E-state index is -0.0548. The maximum absolute atomic E-state index is 11.8. The molecule has 0 saturated carbocycles. The van der Waals surface area contributed by atoms with Crippen LogP contribution >= 0.6 is 24.0 Å². The van der Waals surface area contributed by atoms with Gasteiger partial charge in [-0.2, -0.15) is 0 Å². The van der Waals surface area contributed by atoms with Crippen molar-refractivity contribution >= 4 is 41.5 Å². The lowest BCUT2D eigenvalue weighted by Crippen LogP contribution is -2.38. The minimum Gasteiger partial charge on any atom is -0.371 e. The van der Waals surface area contributed by atoms with Crippen molar-refractivity contribution in [3.8, 4) is 0 Å². The number of para-hydroxylation sites is 1. The number of carbonyl (C=O) groups is 1. The van der Waals surface area contributed by atoms with E-state index in [1.54, 1.807) is 7.05 Å². The fraction of sp³-hybridized carbons (Fsp3) is 0.417. The van der Waals surface area contributed by atoms with Crippen LogP contribution in [0.25, 0.3) is 0 Å². The van der Waals surface area contributed by atoms with Gasteiger partial charge in [0, 0.05) is 51.0 Å². The molecule has 6 nitrogen and oxygen atoms in total. The van der Waals surface area contributed by atoms with Crippen molar-refractivity contribution in [2.45, 2.75) is 19.8 Å². The van der Waals surface area contributed by atoms with Crippen LogP contribution < -0.4 is 20.9 Å². The van der Waals surface area contributed by atoms with Crippen LogP contribution in [0.1, 0.15) is 29.3 Å². The Morgan fingerprint density at radius 2 is 1.94 bits per heavy atom. The molecule has 0 radical (unpaired) electrons. The summed E-state index contributed by atoms with van der Waals surface area (Å²) in [5.74, 6) is 1.38. The quantitative estimate of drug-likeness (QED) is 0.276. The van der Waals surface area contributed by atoms with Gasteiger partial charge in [0.05, 0.1) is 0 Å². The van der Waals surface area contributed by atoms with Crippen LogP contribution in [0.15, 0.2) is 59.6 Å². The molecule has 0 bridgehead atoms. The summed E-state index contributed by atoms with van der Waals surface area (Å²) in [5, 5.41) is 9.43. The van der Waals surface area contributed by atoms with Gasteiger partial charge in [0.25, 0.3) is 5.91 Å². The minimum absolute atomic E-state index is 0. The SMILES string of the molecule is CCNC(=NCC1CCN(c2ccccc2)C1)NCCc1cccc(C(=O)NC)c1.I. The van der Waals surface area contributed by atoms with Gasteiger partial charge >= 0.3 is 0 Å². The number of nitrogens with one attached hydrogen (secondary N) is 3. The van der Waals surface area contributed by atoms with Gasteiger partial charge in [-0.3, -0.25) is 9.79 Å². The first-order chi connectivity index (χ1) is 14.7. The molecule has 1 unspecified atom stereocenters. The van der Waals surface area contributed by atoms with E-state index in [4.69, 9.17) is 4.99 Å². The zero-order valence-corrected chi connectivity index (χ0v) is 20.8. The molecule has 0 aliphatic carbocycles. The van der Waals surface area contributed by atoms with Crippen molar-refractivity contribution in [3.63, 3.8) is 0 Å². The highest BCUT2D eigenvalue weighted by Gasteiger charge is 2.22. The Morgan fingerprint density at radius 3 is 2.68 bits per heavy atom. The molecule has 168 valence electrons. The van der Waals surface area contributed by atoms with Crippen LogP contribution in [0.4, 0.5) is 5.69 Å². The molecule has 2 aromatic carbocycles. The Morgan fingerprint density at radius 1 is 1.13 bits per heavy atom. The first-order valence-corrected chi connectivity index (χ1v) is 10.8. The molecular formula is C24H34IN5O. The van der Waals surface area contributed by atoms with Crippen molar-refractivity contribution < 1.29 is 4.79 Å². The third kappa shape index (κ3) is 7.72. The van der Waals surface area contributed by atoms with Gasteiger partial charge in [-0.25, -0.2) is 0 Å². The number of rotatable bonds is 8. The fourth-order valence-electron chi connectivity index (χ4n) is 3.75. The predicted molar refractivity (Wildman–Crippen MR) is 140 cm³/mol. The summed E-state index contributed by atoms with van der Waals surface area (Å²) in [5.41, 5.74) is 3.13. The zero-order chi connectivity index (χ0) is 21.2. The second-order valence-electron chi connectivity index (χ2n) is 7.61. The topological polar surface area (TPSA) is 68.8 Å². The number of guanidine groups is 1. The first-order valence-electron chi connectivity index (χ1n) is 10.8. The summed E-state index contributed by atoms with van der Waals surface area (Å²) in [6, 6.07) is 18.4. The molecule has 1 aliphatic heterocycles. The number of aliphatic imine (C=N–C) groups is 1. The Hall–Kier alpha value is -2.29. The molecule has 3 N–H and O–H groups in total. The number of hydrogen-bond donors (Lipinski definition) is 3. The maximum Gasteiger partial charge on any atom is 0.251 e. The summed E-state index contributed by atoms with van der Waals surface area (Å²) < 4.78 is 0. The molecule has 1 saturated heterocycles. The summed E-state index contributed by atoms with van der Waals surface area (Å²) in [4.78, 5) is 19.1.